The maximum Gasteiger partial charge on any atom is 0.0469 e. The second kappa shape index (κ2) is 5.82. The van der Waals surface area contributed by atoms with Gasteiger partial charge in [-0.1, -0.05) is 28.1 Å². The molecule has 0 spiro atoms. The molecular weight excluding hydrogens is 240 g/mol. The van der Waals surface area contributed by atoms with Crippen molar-refractivity contribution in [3.05, 3.63) is 34.3 Å². The number of benzene rings is 1. The molecular formula is C11H13BrN2. The van der Waals surface area contributed by atoms with E-state index in [0.717, 1.165) is 22.9 Å². The smallest absolute Gasteiger partial charge is 0.0469 e. The van der Waals surface area contributed by atoms with Crippen LogP contribution in [0.25, 0.3) is 0 Å². The summed E-state index contributed by atoms with van der Waals surface area (Å²) < 4.78 is 1.06. The molecule has 0 aliphatic rings. The lowest BCUT2D eigenvalue weighted by molar-refractivity contribution is 0.524. The molecule has 0 heterocycles. The molecule has 0 amide bonds. The van der Waals surface area contributed by atoms with E-state index in [4.69, 9.17) is 12.3 Å². The highest BCUT2D eigenvalue weighted by molar-refractivity contribution is 9.10. The molecule has 1 atom stereocenters. The van der Waals surface area contributed by atoms with E-state index in [1.54, 1.807) is 0 Å². The fourth-order valence-corrected chi connectivity index (χ4v) is 1.53. The molecule has 1 aromatic carbocycles. The summed E-state index contributed by atoms with van der Waals surface area (Å²) >= 11 is 3.39. The van der Waals surface area contributed by atoms with Gasteiger partial charge in [-0.25, -0.2) is 0 Å². The van der Waals surface area contributed by atoms with E-state index < -0.39 is 0 Å². The lowest BCUT2D eigenvalue weighted by Gasteiger charge is -2.14. The molecule has 0 saturated carbocycles. The number of hydrogen-bond acceptors (Lipinski definition) is 2. The number of terminal acetylenes is 1. The number of hydrogen-bond donors (Lipinski definition) is 2. The van der Waals surface area contributed by atoms with Crippen LogP contribution >= 0.6 is 15.9 Å². The fraction of sp³-hybridized carbons (Fsp3) is 0.273. The zero-order valence-corrected chi connectivity index (χ0v) is 9.42. The van der Waals surface area contributed by atoms with Crippen LogP contribution in [0.2, 0.25) is 0 Å². The SMILES string of the molecule is C#CCCC(NN)c1ccc(Br)cc1. The summed E-state index contributed by atoms with van der Waals surface area (Å²) in [6.45, 7) is 0. The molecule has 1 aromatic rings. The number of rotatable bonds is 4. The van der Waals surface area contributed by atoms with Gasteiger partial charge in [-0.2, -0.15) is 0 Å². The van der Waals surface area contributed by atoms with Gasteiger partial charge in [0.2, 0.25) is 0 Å². The summed E-state index contributed by atoms with van der Waals surface area (Å²) in [6.07, 6.45) is 6.79. The minimum Gasteiger partial charge on any atom is -0.271 e. The first-order chi connectivity index (χ1) is 6.77. The quantitative estimate of drug-likeness (QED) is 0.491. The number of nitrogens with two attached hydrogens (primary N) is 1. The van der Waals surface area contributed by atoms with Crippen molar-refractivity contribution in [1.29, 1.82) is 0 Å². The Morgan fingerprint density at radius 2 is 2.07 bits per heavy atom. The standard InChI is InChI=1S/C11H13BrN2/c1-2-3-4-11(14-13)9-5-7-10(12)8-6-9/h1,5-8,11,14H,3-4,13H2. The summed E-state index contributed by atoms with van der Waals surface area (Å²) in [4.78, 5) is 0. The zero-order chi connectivity index (χ0) is 10.4. The first-order valence-electron chi connectivity index (χ1n) is 4.43. The molecule has 0 saturated heterocycles. The van der Waals surface area contributed by atoms with Crippen LogP contribution in [-0.2, 0) is 0 Å². The predicted molar refractivity (Wildman–Crippen MR) is 62.3 cm³/mol. The molecule has 2 nitrogen and oxygen atoms in total. The summed E-state index contributed by atoms with van der Waals surface area (Å²) in [5.74, 6) is 8.06. The highest BCUT2D eigenvalue weighted by Crippen LogP contribution is 2.19. The largest absolute Gasteiger partial charge is 0.271 e. The second-order valence-corrected chi connectivity index (χ2v) is 3.93. The van der Waals surface area contributed by atoms with Gasteiger partial charge >= 0.3 is 0 Å². The molecule has 1 unspecified atom stereocenters. The number of hydrazine groups is 1. The van der Waals surface area contributed by atoms with Crippen molar-refractivity contribution in [3.8, 4) is 12.3 Å². The zero-order valence-electron chi connectivity index (χ0n) is 7.83. The monoisotopic (exact) mass is 252 g/mol. The van der Waals surface area contributed by atoms with E-state index in [1.807, 2.05) is 24.3 Å². The van der Waals surface area contributed by atoms with Gasteiger partial charge in [0.25, 0.3) is 0 Å². The van der Waals surface area contributed by atoms with Crippen molar-refractivity contribution in [2.24, 2.45) is 5.84 Å². The molecule has 0 aliphatic carbocycles. The van der Waals surface area contributed by atoms with Crippen LogP contribution in [-0.4, -0.2) is 0 Å². The minimum atomic E-state index is 0.138. The molecule has 14 heavy (non-hydrogen) atoms. The third-order valence-corrected chi connectivity index (χ3v) is 2.58. The van der Waals surface area contributed by atoms with Gasteiger partial charge in [-0.15, -0.1) is 12.3 Å². The van der Waals surface area contributed by atoms with Gasteiger partial charge in [0.1, 0.15) is 0 Å². The first-order valence-corrected chi connectivity index (χ1v) is 5.22. The van der Waals surface area contributed by atoms with E-state index in [-0.39, 0.29) is 6.04 Å². The molecule has 0 aromatic heterocycles. The Balaban J connectivity index is 2.69. The molecule has 3 N–H and O–H groups in total. The van der Waals surface area contributed by atoms with Gasteiger partial charge < -0.3 is 0 Å². The van der Waals surface area contributed by atoms with Crippen LogP contribution in [0.4, 0.5) is 0 Å². The third-order valence-electron chi connectivity index (χ3n) is 2.05. The van der Waals surface area contributed by atoms with Crippen LogP contribution in [0.3, 0.4) is 0 Å². The van der Waals surface area contributed by atoms with Crippen molar-refractivity contribution < 1.29 is 0 Å². The summed E-state index contributed by atoms with van der Waals surface area (Å²) in [5.41, 5.74) is 3.92. The Morgan fingerprint density at radius 3 is 2.57 bits per heavy atom. The summed E-state index contributed by atoms with van der Waals surface area (Å²) in [5, 5.41) is 0. The van der Waals surface area contributed by atoms with Crippen molar-refractivity contribution >= 4 is 15.9 Å². The Morgan fingerprint density at radius 1 is 1.43 bits per heavy atom. The molecule has 0 bridgehead atoms. The summed E-state index contributed by atoms with van der Waals surface area (Å²) in [7, 11) is 0. The maximum atomic E-state index is 5.45. The Bertz CT molecular complexity index is 313. The van der Waals surface area contributed by atoms with E-state index in [9.17, 15) is 0 Å². The van der Waals surface area contributed by atoms with Crippen molar-refractivity contribution in [3.63, 3.8) is 0 Å². The van der Waals surface area contributed by atoms with Crippen molar-refractivity contribution in [2.45, 2.75) is 18.9 Å². The number of nitrogens with one attached hydrogen (secondary N) is 1. The van der Waals surface area contributed by atoms with Crippen LogP contribution in [0, 0.1) is 12.3 Å². The van der Waals surface area contributed by atoms with E-state index in [0.29, 0.717) is 0 Å². The molecule has 3 heteroatoms. The van der Waals surface area contributed by atoms with E-state index in [2.05, 4.69) is 27.3 Å². The normalized spacial score (nSPS) is 12.1. The first kappa shape index (κ1) is 11.3. The Hall–Kier alpha value is -0.820. The lowest BCUT2D eigenvalue weighted by Crippen LogP contribution is -2.27. The van der Waals surface area contributed by atoms with E-state index in [1.165, 1.54) is 0 Å². The highest BCUT2D eigenvalue weighted by atomic mass is 79.9. The molecule has 1 rings (SSSR count). The minimum absolute atomic E-state index is 0.138. The molecule has 74 valence electrons. The summed E-state index contributed by atoms with van der Waals surface area (Å²) in [6, 6.07) is 8.19. The van der Waals surface area contributed by atoms with Crippen LogP contribution in [0.5, 0.6) is 0 Å². The molecule has 0 aliphatic heterocycles. The van der Waals surface area contributed by atoms with Gasteiger partial charge in [0, 0.05) is 16.9 Å². The van der Waals surface area contributed by atoms with Crippen LogP contribution < -0.4 is 11.3 Å². The average molecular weight is 253 g/mol. The number of halogens is 1. The topological polar surface area (TPSA) is 38.0 Å². The fourth-order valence-electron chi connectivity index (χ4n) is 1.27. The van der Waals surface area contributed by atoms with Gasteiger partial charge in [-0.3, -0.25) is 11.3 Å². The highest BCUT2D eigenvalue weighted by Gasteiger charge is 2.07. The van der Waals surface area contributed by atoms with Crippen molar-refractivity contribution in [1.82, 2.24) is 5.43 Å². The predicted octanol–water partition coefficient (Wildman–Crippen LogP) is 2.37. The molecule has 0 radical (unpaired) electrons. The average Bonchev–Trinajstić information content (AvgIpc) is 2.21. The Kier molecular flexibility index (Phi) is 4.68. The van der Waals surface area contributed by atoms with Gasteiger partial charge in [0.15, 0.2) is 0 Å². The maximum absolute atomic E-state index is 5.45. The van der Waals surface area contributed by atoms with Gasteiger partial charge in [-0.05, 0) is 24.1 Å². The van der Waals surface area contributed by atoms with Crippen molar-refractivity contribution in [2.75, 3.05) is 0 Å². The van der Waals surface area contributed by atoms with Crippen LogP contribution in [0.15, 0.2) is 28.7 Å². The lowest BCUT2D eigenvalue weighted by atomic mass is 10.0. The van der Waals surface area contributed by atoms with Crippen LogP contribution in [0.1, 0.15) is 24.4 Å². The van der Waals surface area contributed by atoms with Gasteiger partial charge in [0.05, 0.1) is 0 Å². The third kappa shape index (κ3) is 3.15. The van der Waals surface area contributed by atoms with E-state index >= 15 is 0 Å². The Labute approximate surface area is 93.0 Å². The second-order valence-electron chi connectivity index (χ2n) is 3.01. The molecule has 0 fully saturated rings.